The molecule has 7 heteroatoms. The fourth-order valence-corrected chi connectivity index (χ4v) is 3.85. The van der Waals surface area contributed by atoms with E-state index < -0.39 is 0 Å². The highest BCUT2D eigenvalue weighted by Gasteiger charge is 2.28. The first-order valence-corrected chi connectivity index (χ1v) is 9.36. The van der Waals surface area contributed by atoms with Crippen LogP contribution in [0.25, 0.3) is 21.5 Å². The van der Waals surface area contributed by atoms with Gasteiger partial charge in [0.2, 0.25) is 5.91 Å². The molecule has 1 aliphatic heterocycles. The minimum Gasteiger partial charge on any atom is -0.489 e. The quantitative estimate of drug-likeness (QED) is 0.763. The number of rotatable bonds is 5. The number of aryl methyl sites for hydroxylation is 1. The molecule has 1 aliphatic rings. The fraction of sp³-hybridized carbons (Fsp3) is 0.389. The summed E-state index contributed by atoms with van der Waals surface area (Å²) < 4.78 is 9.19. The van der Waals surface area contributed by atoms with Crippen molar-refractivity contribution >= 4 is 27.5 Å². The zero-order valence-corrected chi connectivity index (χ0v) is 15.0. The molecule has 6 nitrogen and oxygen atoms in total. The van der Waals surface area contributed by atoms with Gasteiger partial charge in [-0.05, 0) is 32.0 Å². The van der Waals surface area contributed by atoms with Gasteiger partial charge in [0.1, 0.15) is 11.9 Å². The van der Waals surface area contributed by atoms with Crippen molar-refractivity contribution in [3.63, 3.8) is 0 Å². The molecule has 0 spiro atoms. The number of hydrogen-bond donors (Lipinski definition) is 1. The van der Waals surface area contributed by atoms with Crippen molar-refractivity contribution in [3.8, 4) is 17.0 Å². The molecule has 1 saturated heterocycles. The summed E-state index contributed by atoms with van der Waals surface area (Å²) in [4.78, 5) is 15.9. The molecule has 1 aromatic carbocycles. The Hall–Kier alpha value is -2.41. The minimum atomic E-state index is -0.0484. The summed E-state index contributed by atoms with van der Waals surface area (Å²) in [6.45, 7) is 5.60. The zero-order chi connectivity index (χ0) is 17.4. The number of nitrogens with one attached hydrogen (secondary N) is 1. The molecule has 2 aromatic heterocycles. The first kappa shape index (κ1) is 16.1. The van der Waals surface area contributed by atoms with Crippen molar-refractivity contribution < 1.29 is 9.53 Å². The molecule has 25 heavy (non-hydrogen) atoms. The van der Waals surface area contributed by atoms with E-state index in [-0.39, 0.29) is 17.9 Å². The molecule has 1 amide bonds. The number of fused-ring (bicyclic) bond motifs is 1. The molecule has 1 fully saturated rings. The van der Waals surface area contributed by atoms with Gasteiger partial charge in [-0.1, -0.05) is 0 Å². The van der Waals surface area contributed by atoms with E-state index in [9.17, 15) is 4.79 Å². The molecule has 0 aliphatic carbocycles. The van der Waals surface area contributed by atoms with Gasteiger partial charge in [0, 0.05) is 37.2 Å². The third-order valence-corrected chi connectivity index (χ3v) is 5.50. The lowest BCUT2D eigenvalue weighted by molar-refractivity contribution is -0.119. The normalized spacial score (nSPS) is 18.5. The Labute approximate surface area is 149 Å². The number of aromatic nitrogens is 3. The van der Waals surface area contributed by atoms with E-state index in [1.165, 1.54) is 0 Å². The number of ether oxygens (including phenoxy) is 1. The van der Waals surface area contributed by atoms with E-state index in [1.807, 2.05) is 41.5 Å². The number of amides is 1. The smallest absolute Gasteiger partial charge is 0.220 e. The molecule has 1 N–H and O–H groups in total. The number of thiazole rings is 1. The molecular formula is C18H20N4O2S. The van der Waals surface area contributed by atoms with Gasteiger partial charge in [-0.2, -0.15) is 5.10 Å². The van der Waals surface area contributed by atoms with E-state index in [4.69, 9.17) is 4.74 Å². The summed E-state index contributed by atoms with van der Waals surface area (Å²) >= 11 is 1.57. The van der Waals surface area contributed by atoms with Gasteiger partial charge in [-0.25, -0.2) is 4.98 Å². The van der Waals surface area contributed by atoms with Crippen LogP contribution in [0.1, 0.15) is 20.3 Å². The third kappa shape index (κ3) is 3.11. The molecule has 130 valence electrons. The van der Waals surface area contributed by atoms with E-state index in [2.05, 4.69) is 22.3 Å². The van der Waals surface area contributed by atoms with Crippen molar-refractivity contribution in [3.05, 3.63) is 29.9 Å². The largest absolute Gasteiger partial charge is 0.489 e. The molecular weight excluding hydrogens is 336 g/mol. The first-order valence-electron chi connectivity index (χ1n) is 8.48. The average Bonchev–Trinajstić information content (AvgIpc) is 3.34. The van der Waals surface area contributed by atoms with Gasteiger partial charge >= 0.3 is 0 Å². The van der Waals surface area contributed by atoms with Crippen molar-refractivity contribution in [1.82, 2.24) is 20.1 Å². The minimum absolute atomic E-state index is 0.0484. The van der Waals surface area contributed by atoms with Gasteiger partial charge in [0.15, 0.2) is 0 Å². The Morgan fingerprint density at radius 2 is 2.36 bits per heavy atom. The second-order valence-electron chi connectivity index (χ2n) is 6.32. The van der Waals surface area contributed by atoms with Crippen LogP contribution < -0.4 is 10.1 Å². The summed E-state index contributed by atoms with van der Waals surface area (Å²) in [6.07, 6.45) is 2.44. The number of benzene rings is 1. The van der Waals surface area contributed by atoms with Crippen molar-refractivity contribution in [2.24, 2.45) is 5.92 Å². The SMILES string of the molecule is CCn1ccc(-c2cc(O[C@H](C)[C@H]3CNC(=O)C3)c3scnc3c2)n1. The maximum Gasteiger partial charge on any atom is 0.220 e. The molecule has 3 heterocycles. The molecule has 4 rings (SSSR count). The van der Waals surface area contributed by atoms with Crippen molar-refractivity contribution in [1.29, 1.82) is 0 Å². The van der Waals surface area contributed by atoms with E-state index in [0.29, 0.717) is 13.0 Å². The summed E-state index contributed by atoms with van der Waals surface area (Å²) in [5.41, 5.74) is 4.65. The van der Waals surface area contributed by atoms with Gasteiger partial charge in [-0.3, -0.25) is 9.48 Å². The van der Waals surface area contributed by atoms with Gasteiger partial charge in [0.25, 0.3) is 0 Å². The molecule has 0 bridgehead atoms. The van der Waals surface area contributed by atoms with E-state index >= 15 is 0 Å². The number of nitrogens with zero attached hydrogens (tertiary/aromatic N) is 3. The van der Waals surface area contributed by atoms with Crippen LogP contribution in [0.15, 0.2) is 29.9 Å². The molecule has 2 atom stereocenters. The Balaban J connectivity index is 1.67. The maximum absolute atomic E-state index is 11.5. The van der Waals surface area contributed by atoms with Crippen LogP contribution in [0, 0.1) is 5.92 Å². The van der Waals surface area contributed by atoms with Crippen LogP contribution in [0.2, 0.25) is 0 Å². The van der Waals surface area contributed by atoms with Crippen LogP contribution >= 0.6 is 11.3 Å². The van der Waals surface area contributed by atoms with E-state index in [0.717, 1.165) is 33.8 Å². The lowest BCUT2D eigenvalue weighted by atomic mass is 10.0. The Kier molecular flexibility index (Phi) is 4.17. The monoisotopic (exact) mass is 356 g/mol. The number of carbonyl (C=O) groups excluding carboxylic acids is 1. The predicted molar refractivity (Wildman–Crippen MR) is 97.7 cm³/mol. The fourth-order valence-electron chi connectivity index (χ4n) is 3.12. The summed E-state index contributed by atoms with van der Waals surface area (Å²) in [5.74, 6) is 1.11. The van der Waals surface area contributed by atoms with Gasteiger partial charge in [0.05, 0.1) is 21.4 Å². The molecule has 3 aromatic rings. The standard InChI is InChI=1S/C18H20N4O2S/c1-3-22-5-4-14(21-22)12-6-15-18(25-10-20-15)16(7-12)24-11(2)13-8-17(23)19-9-13/h4-7,10-11,13H,3,8-9H2,1-2H3,(H,19,23)/t11-,13-/m1/s1. The van der Waals surface area contributed by atoms with Crippen LogP contribution in [-0.2, 0) is 11.3 Å². The molecule has 0 radical (unpaired) electrons. The first-order chi connectivity index (χ1) is 12.1. The van der Waals surface area contributed by atoms with Crippen LogP contribution in [0.4, 0.5) is 0 Å². The lowest BCUT2D eigenvalue weighted by Gasteiger charge is -2.20. The molecule has 0 saturated carbocycles. The average molecular weight is 356 g/mol. The Bertz CT molecular complexity index is 917. The number of carbonyl (C=O) groups is 1. The van der Waals surface area contributed by atoms with Crippen LogP contribution in [0.5, 0.6) is 5.75 Å². The van der Waals surface area contributed by atoms with Crippen LogP contribution in [0.3, 0.4) is 0 Å². The van der Waals surface area contributed by atoms with Crippen molar-refractivity contribution in [2.75, 3.05) is 6.54 Å². The summed E-state index contributed by atoms with van der Waals surface area (Å²) in [7, 11) is 0. The van der Waals surface area contributed by atoms with Crippen molar-refractivity contribution in [2.45, 2.75) is 32.9 Å². The second kappa shape index (κ2) is 6.48. The summed E-state index contributed by atoms with van der Waals surface area (Å²) in [6, 6.07) is 6.08. The molecule has 0 unspecified atom stereocenters. The second-order valence-corrected chi connectivity index (χ2v) is 7.18. The maximum atomic E-state index is 11.5. The predicted octanol–water partition coefficient (Wildman–Crippen LogP) is 3.08. The zero-order valence-electron chi connectivity index (χ0n) is 14.2. The van der Waals surface area contributed by atoms with Gasteiger partial charge < -0.3 is 10.1 Å². The van der Waals surface area contributed by atoms with E-state index in [1.54, 1.807) is 11.3 Å². The van der Waals surface area contributed by atoms with Crippen LogP contribution in [-0.4, -0.2) is 33.3 Å². The topological polar surface area (TPSA) is 69.0 Å². The highest BCUT2D eigenvalue weighted by atomic mass is 32.1. The Morgan fingerprint density at radius 1 is 1.48 bits per heavy atom. The highest BCUT2D eigenvalue weighted by Crippen LogP contribution is 2.35. The number of hydrogen-bond acceptors (Lipinski definition) is 5. The lowest BCUT2D eigenvalue weighted by Crippen LogP contribution is -2.25. The van der Waals surface area contributed by atoms with Gasteiger partial charge in [-0.15, -0.1) is 11.3 Å². The summed E-state index contributed by atoms with van der Waals surface area (Å²) in [5, 5.41) is 7.45. The third-order valence-electron chi connectivity index (χ3n) is 4.64. The highest BCUT2D eigenvalue weighted by molar-refractivity contribution is 7.17. The Morgan fingerprint density at radius 3 is 3.08 bits per heavy atom.